The summed E-state index contributed by atoms with van der Waals surface area (Å²) in [6.45, 7) is 5.09. The fourth-order valence-electron chi connectivity index (χ4n) is 4.07. The molecule has 2 aromatic heterocycles. The summed E-state index contributed by atoms with van der Waals surface area (Å²) in [5, 5.41) is 8.18. The van der Waals surface area contributed by atoms with Crippen LogP contribution in [0, 0.1) is 11.8 Å². The standard InChI is InChI=1S/C14H20N2O3.C10H14N2O2/c1-3-19-14(17)8-13(11-4-6-18-7-5-11)12-9-15-16(2)10-12;1-12-7-9(6-11-12)10(13)8-2-4-14-5-3-8/h8-11H,3-7H2,1-2H3;6-8H,2-5H2,1H3. The van der Waals surface area contributed by atoms with Crippen molar-refractivity contribution in [3.63, 3.8) is 0 Å². The lowest BCUT2D eigenvalue weighted by molar-refractivity contribution is -0.137. The van der Waals surface area contributed by atoms with Gasteiger partial charge in [-0.3, -0.25) is 14.2 Å². The summed E-state index contributed by atoms with van der Waals surface area (Å²) in [6.07, 6.45) is 12.3. The minimum atomic E-state index is -0.284. The third-order valence-electron chi connectivity index (χ3n) is 5.84. The maximum atomic E-state index is 11.9. The number of ketones is 1. The molecule has 0 bridgehead atoms. The lowest BCUT2D eigenvalue weighted by Crippen LogP contribution is -2.23. The van der Waals surface area contributed by atoms with Crippen LogP contribution < -0.4 is 0 Å². The summed E-state index contributed by atoms with van der Waals surface area (Å²) in [5.74, 6) is 0.393. The number of aryl methyl sites for hydroxylation is 2. The molecule has 2 aliphatic rings. The van der Waals surface area contributed by atoms with Crippen molar-refractivity contribution in [2.75, 3.05) is 33.0 Å². The second-order valence-corrected chi connectivity index (χ2v) is 8.29. The second kappa shape index (κ2) is 12.5. The average molecular weight is 459 g/mol. The molecular formula is C24H34N4O5. The molecule has 180 valence electrons. The summed E-state index contributed by atoms with van der Waals surface area (Å²) < 4.78 is 19.0. The Balaban J connectivity index is 0.000000194. The normalized spacial score (nSPS) is 17.8. The van der Waals surface area contributed by atoms with Crippen molar-refractivity contribution in [3.8, 4) is 0 Å². The number of ether oxygens (including phenoxy) is 3. The number of hydrogen-bond donors (Lipinski definition) is 0. The molecule has 2 aliphatic heterocycles. The van der Waals surface area contributed by atoms with Gasteiger partial charge in [-0.15, -0.1) is 0 Å². The van der Waals surface area contributed by atoms with Crippen LogP contribution in [0.1, 0.15) is 48.5 Å². The monoisotopic (exact) mass is 458 g/mol. The average Bonchev–Trinajstić information content (AvgIpc) is 3.47. The zero-order valence-corrected chi connectivity index (χ0v) is 19.7. The van der Waals surface area contributed by atoms with Gasteiger partial charge >= 0.3 is 5.97 Å². The molecule has 9 nitrogen and oxygen atoms in total. The number of carbonyl (C=O) groups excluding carboxylic acids is 2. The fourth-order valence-corrected chi connectivity index (χ4v) is 4.07. The quantitative estimate of drug-likeness (QED) is 0.373. The van der Waals surface area contributed by atoms with Crippen LogP contribution in [0.25, 0.3) is 5.57 Å². The van der Waals surface area contributed by atoms with Crippen LogP contribution in [0.2, 0.25) is 0 Å². The molecule has 33 heavy (non-hydrogen) atoms. The van der Waals surface area contributed by atoms with Gasteiger partial charge < -0.3 is 14.2 Å². The van der Waals surface area contributed by atoms with Crippen LogP contribution in [0.3, 0.4) is 0 Å². The lowest BCUT2D eigenvalue weighted by Gasteiger charge is -2.24. The number of rotatable bonds is 6. The van der Waals surface area contributed by atoms with E-state index >= 15 is 0 Å². The van der Waals surface area contributed by atoms with Gasteiger partial charge in [-0.2, -0.15) is 10.2 Å². The summed E-state index contributed by atoms with van der Waals surface area (Å²) in [6, 6.07) is 0. The van der Waals surface area contributed by atoms with E-state index < -0.39 is 0 Å². The number of aromatic nitrogens is 4. The van der Waals surface area contributed by atoms with E-state index in [9.17, 15) is 9.59 Å². The fraction of sp³-hybridized carbons (Fsp3) is 0.583. The molecule has 0 unspecified atom stereocenters. The van der Waals surface area contributed by atoms with Gasteiger partial charge in [0.25, 0.3) is 0 Å². The van der Waals surface area contributed by atoms with E-state index in [0.29, 0.717) is 25.7 Å². The lowest BCUT2D eigenvalue weighted by atomic mass is 9.88. The summed E-state index contributed by atoms with van der Waals surface area (Å²) in [4.78, 5) is 23.6. The van der Waals surface area contributed by atoms with Gasteiger partial charge in [0.1, 0.15) is 0 Å². The number of allylic oxidation sites excluding steroid dienone is 1. The number of nitrogens with zero attached hydrogens (tertiary/aromatic N) is 4. The first-order valence-corrected chi connectivity index (χ1v) is 11.5. The van der Waals surface area contributed by atoms with Crippen LogP contribution in [-0.4, -0.2) is 64.3 Å². The van der Waals surface area contributed by atoms with Gasteiger partial charge in [0, 0.05) is 70.5 Å². The van der Waals surface area contributed by atoms with Crippen LogP contribution in [0.5, 0.6) is 0 Å². The predicted octanol–water partition coefficient (Wildman–Crippen LogP) is 2.82. The Morgan fingerprint density at radius 3 is 1.94 bits per heavy atom. The smallest absolute Gasteiger partial charge is 0.331 e. The molecule has 0 spiro atoms. The van der Waals surface area contributed by atoms with Crippen LogP contribution in [0.4, 0.5) is 0 Å². The predicted molar refractivity (Wildman–Crippen MR) is 122 cm³/mol. The zero-order chi connectivity index (χ0) is 23.6. The van der Waals surface area contributed by atoms with Crippen molar-refractivity contribution < 1.29 is 23.8 Å². The van der Waals surface area contributed by atoms with Crippen molar-refractivity contribution >= 4 is 17.3 Å². The first-order valence-electron chi connectivity index (χ1n) is 11.5. The third kappa shape index (κ3) is 7.36. The van der Waals surface area contributed by atoms with Crippen LogP contribution in [-0.2, 0) is 33.1 Å². The zero-order valence-electron chi connectivity index (χ0n) is 19.7. The van der Waals surface area contributed by atoms with Gasteiger partial charge in [0.05, 0.1) is 24.6 Å². The molecule has 4 heterocycles. The Morgan fingerprint density at radius 2 is 1.45 bits per heavy atom. The summed E-state index contributed by atoms with van der Waals surface area (Å²) >= 11 is 0. The Labute approximate surface area is 194 Å². The van der Waals surface area contributed by atoms with E-state index in [1.54, 1.807) is 34.0 Å². The molecule has 9 heteroatoms. The largest absolute Gasteiger partial charge is 0.463 e. The molecular weight excluding hydrogens is 424 g/mol. The topological polar surface area (TPSA) is 97.5 Å². The SMILES string of the molecule is CCOC(=O)C=C(c1cnn(C)c1)C1CCOCC1.Cn1cc(C(=O)C2CCOCC2)cn1. The Kier molecular flexibility index (Phi) is 9.38. The molecule has 0 atom stereocenters. The van der Waals surface area contributed by atoms with E-state index in [2.05, 4.69) is 10.2 Å². The van der Waals surface area contributed by atoms with Crippen molar-refractivity contribution in [1.82, 2.24) is 19.6 Å². The number of Topliss-reactive ketones (excluding diaryl/α,β-unsaturated/α-hetero) is 1. The van der Waals surface area contributed by atoms with Gasteiger partial charge in [-0.1, -0.05) is 0 Å². The Bertz CT molecular complexity index is 936. The highest BCUT2D eigenvalue weighted by Gasteiger charge is 2.23. The minimum Gasteiger partial charge on any atom is -0.463 e. The molecule has 4 rings (SSSR count). The molecule has 0 aromatic carbocycles. The summed E-state index contributed by atoms with van der Waals surface area (Å²) in [5.41, 5.74) is 2.72. The van der Waals surface area contributed by atoms with Crippen molar-refractivity contribution in [2.24, 2.45) is 25.9 Å². The highest BCUT2D eigenvalue weighted by molar-refractivity contribution is 5.97. The number of carbonyl (C=O) groups is 2. The first kappa shape index (κ1) is 24.9. The van der Waals surface area contributed by atoms with Crippen molar-refractivity contribution in [1.29, 1.82) is 0 Å². The maximum Gasteiger partial charge on any atom is 0.331 e. The molecule has 2 saturated heterocycles. The van der Waals surface area contributed by atoms with E-state index in [1.165, 1.54) is 0 Å². The van der Waals surface area contributed by atoms with Crippen molar-refractivity contribution in [2.45, 2.75) is 32.6 Å². The van der Waals surface area contributed by atoms with E-state index in [4.69, 9.17) is 14.2 Å². The third-order valence-corrected chi connectivity index (χ3v) is 5.84. The Hall–Kier alpha value is -2.78. The van der Waals surface area contributed by atoms with Gasteiger partial charge in [0.2, 0.25) is 0 Å². The van der Waals surface area contributed by atoms with E-state index in [-0.39, 0.29) is 17.7 Å². The minimum absolute atomic E-state index is 0.132. The highest BCUT2D eigenvalue weighted by Crippen LogP contribution is 2.31. The molecule has 0 radical (unpaired) electrons. The molecule has 0 N–H and O–H groups in total. The summed E-state index contributed by atoms with van der Waals surface area (Å²) in [7, 11) is 3.69. The first-order chi connectivity index (χ1) is 16.0. The molecule has 0 saturated carbocycles. The number of esters is 1. The maximum absolute atomic E-state index is 11.9. The Morgan fingerprint density at radius 1 is 0.939 bits per heavy atom. The molecule has 2 fully saturated rings. The van der Waals surface area contributed by atoms with E-state index in [1.807, 2.05) is 27.2 Å². The van der Waals surface area contributed by atoms with Gasteiger partial charge in [0.15, 0.2) is 5.78 Å². The second-order valence-electron chi connectivity index (χ2n) is 8.29. The van der Waals surface area contributed by atoms with E-state index in [0.717, 1.165) is 55.6 Å². The number of hydrogen-bond acceptors (Lipinski definition) is 7. The molecule has 2 aromatic rings. The van der Waals surface area contributed by atoms with Crippen LogP contribution >= 0.6 is 0 Å². The molecule has 0 amide bonds. The van der Waals surface area contributed by atoms with Gasteiger partial charge in [-0.05, 0) is 44.1 Å². The van der Waals surface area contributed by atoms with Crippen molar-refractivity contribution in [3.05, 3.63) is 42.0 Å². The molecule has 0 aliphatic carbocycles. The highest BCUT2D eigenvalue weighted by atomic mass is 16.5. The van der Waals surface area contributed by atoms with Crippen LogP contribution in [0.15, 0.2) is 30.9 Å². The van der Waals surface area contributed by atoms with Gasteiger partial charge in [-0.25, -0.2) is 4.79 Å².